The first-order chi connectivity index (χ1) is 14.9. The Kier molecular flexibility index (Phi) is 6.37. The van der Waals surface area contributed by atoms with Gasteiger partial charge in [0.2, 0.25) is 10.0 Å². The molecule has 2 aromatic heterocycles. The first-order valence-corrected chi connectivity index (χ1v) is 10.5. The van der Waals surface area contributed by atoms with Crippen LogP contribution in [0.2, 0.25) is 0 Å². The van der Waals surface area contributed by atoms with Gasteiger partial charge in [-0.25, -0.2) is 27.3 Å². The predicted molar refractivity (Wildman–Crippen MR) is 105 cm³/mol. The smallest absolute Gasteiger partial charge is 0.402 e. The third-order valence-electron chi connectivity index (χ3n) is 4.18. The average Bonchev–Trinajstić information content (AvgIpc) is 3.14. The summed E-state index contributed by atoms with van der Waals surface area (Å²) in [6.45, 7) is 1.42. The molecule has 0 fully saturated rings. The van der Waals surface area contributed by atoms with Gasteiger partial charge < -0.3 is 10.1 Å². The van der Waals surface area contributed by atoms with Gasteiger partial charge in [0.25, 0.3) is 0 Å². The highest BCUT2D eigenvalue weighted by Crippen LogP contribution is 2.27. The van der Waals surface area contributed by atoms with Crippen LogP contribution >= 0.6 is 0 Å². The predicted octanol–water partition coefficient (Wildman–Crippen LogP) is 2.94. The maximum atomic E-state index is 13.5. The number of nitrogens with one attached hydrogen (secondary N) is 2. The molecule has 1 aromatic carbocycles. The van der Waals surface area contributed by atoms with Crippen LogP contribution in [-0.4, -0.2) is 48.3 Å². The molecule has 0 aliphatic carbocycles. The first kappa shape index (κ1) is 23.4. The largest absolute Gasteiger partial charge is 0.462 e. The molecular weight excluding hydrogens is 458 g/mol. The van der Waals surface area contributed by atoms with Crippen LogP contribution in [0.4, 0.5) is 29.1 Å². The fourth-order valence-corrected chi connectivity index (χ4v) is 3.80. The van der Waals surface area contributed by atoms with Crippen LogP contribution < -0.4 is 10.0 Å². The fraction of sp³-hybridized carbons (Fsp3) is 0.278. The highest BCUT2D eigenvalue weighted by molar-refractivity contribution is 7.89. The van der Waals surface area contributed by atoms with Crippen molar-refractivity contribution in [1.82, 2.24) is 19.3 Å². The molecule has 32 heavy (non-hydrogen) atoms. The van der Waals surface area contributed by atoms with Crippen LogP contribution in [-0.2, 0) is 14.8 Å². The summed E-state index contributed by atoms with van der Waals surface area (Å²) in [5.41, 5.74) is 0.351. The van der Waals surface area contributed by atoms with E-state index in [9.17, 15) is 30.8 Å². The second-order valence-corrected chi connectivity index (χ2v) is 8.24. The number of benzene rings is 1. The van der Waals surface area contributed by atoms with Crippen molar-refractivity contribution in [2.24, 2.45) is 0 Å². The molecular formula is C18H17F4N5O4S. The minimum atomic E-state index is -4.77. The molecule has 0 saturated carbocycles. The number of fused-ring (bicyclic) bond motifs is 1. The van der Waals surface area contributed by atoms with Gasteiger partial charge in [0.05, 0.1) is 12.8 Å². The molecule has 9 nitrogen and oxygen atoms in total. The number of esters is 1. The van der Waals surface area contributed by atoms with Crippen LogP contribution in [0.15, 0.2) is 35.5 Å². The van der Waals surface area contributed by atoms with E-state index in [-0.39, 0.29) is 23.6 Å². The third-order valence-corrected chi connectivity index (χ3v) is 5.57. The number of halogens is 4. The van der Waals surface area contributed by atoms with Crippen LogP contribution in [0.3, 0.4) is 0 Å². The van der Waals surface area contributed by atoms with Crippen molar-refractivity contribution in [3.05, 3.63) is 47.5 Å². The zero-order valence-corrected chi connectivity index (χ0v) is 17.5. The monoisotopic (exact) mass is 475 g/mol. The number of anilines is 2. The van der Waals surface area contributed by atoms with Gasteiger partial charge in [-0.1, -0.05) is 0 Å². The number of carbonyl (C=O) groups excluding carboxylic acids is 1. The molecule has 2 N–H and O–H groups in total. The minimum absolute atomic E-state index is 0.0337. The maximum absolute atomic E-state index is 13.5. The minimum Gasteiger partial charge on any atom is -0.462 e. The van der Waals surface area contributed by atoms with Crippen LogP contribution in [0.1, 0.15) is 22.8 Å². The molecule has 0 amide bonds. The van der Waals surface area contributed by atoms with Crippen LogP contribution in [0.25, 0.3) is 5.65 Å². The average molecular weight is 475 g/mol. The molecule has 0 spiro atoms. The number of hydrogen-bond acceptors (Lipinski definition) is 7. The number of carbonyl (C=O) groups is 1. The molecule has 2 heterocycles. The lowest BCUT2D eigenvalue weighted by Gasteiger charge is -2.14. The van der Waals surface area contributed by atoms with Gasteiger partial charge in [0.1, 0.15) is 22.8 Å². The Morgan fingerprint density at radius 3 is 2.59 bits per heavy atom. The van der Waals surface area contributed by atoms with Gasteiger partial charge >= 0.3 is 12.1 Å². The van der Waals surface area contributed by atoms with Crippen molar-refractivity contribution in [2.75, 3.05) is 18.5 Å². The lowest BCUT2D eigenvalue weighted by Crippen LogP contribution is -2.33. The van der Waals surface area contributed by atoms with E-state index < -0.39 is 39.4 Å². The second kappa shape index (κ2) is 8.70. The molecule has 3 rings (SSSR count). The van der Waals surface area contributed by atoms with E-state index in [0.29, 0.717) is 11.3 Å². The van der Waals surface area contributed by atoms with E-state index >= 15 is 0 Å². The standard InChI is InChI=1S/C18H17F4N5O4S/c1-3-31-17(28)12-7-23-16-14(32(29,30)25-9-18(20,21)22)8-24-27(16)15(12)26-13-5-4-11(19)6-10(13)2/h4-8,25-26H,3,9H2,1-2H3. The number of nitrogens with zero attached hydrogens (tertiary/aromatic N) is 3. The van der Waals surface area contributed by atoms with E-state index in [1.54, 1.807) is 13.8 Å². The summed E-state index contributed by atoms with van der Waals surface area (Å²) in [4.78, 5) is 15.7. The van der Waals surface area contributed by atoms with Crippen molar-refractivity contribution < 1.29 is 35.5 Å². The van der Waals surface area contributed by atoms with E-state index in [2.05, 4.69) is 15.4 Å². The molecule has 0 bridgehead atoms. The Labute approximate surface area is 179 Å². The van der Waals surface area contributed by atoms with Gasteiger partial charge in [-0.05, 0) is 37.6 Å². The third kappa shape index (κ3) is 4.96. The summed E-state index contributed by atoms with van der Waals surface area (Å²) in [7, 11) is -4.63. The summed E-state index contributed by atoms with van der Waals surface area (Å²) >= 11 is 0. The number of hydrogen-bond donors (Lipinski definition) is 2. The molecule has 0 aliphatic rings. The topological polar surface area (TPSA) is 115 Å². The van der Waals surface area contributed by atoms with Crippen molar-refractivity contribution in [1.29, 1.82) is 0 Å². The van der Waals surface area contributed by atoms with Gasteiger partial charge in [0.15, 0.2) is 11.5 Å². The quantitative estimate of drug-likeness (QED) is 0.399. The SMILES string of the molecule is CCOC(=O)c1cnc2c(S(=O)(=O)NCC(F)(F)F)cnn2c1Nc1ccc(F)cc1C. The van der Waals surface area contributed by atoms with E-state index in [1.807, 2.05) is 0 Å². The Morgan fingerprint density at radius 2 is 1.97 bits per heavy atom. The van der Waals surface area contributed by atoms with Gasteiger partial charge in [-0.3, -0.25) is 0 Å². The first-order valence-electron chi connectivity index (χ1n) is 9.06. The molecule has 0 atom stereocenters. The number of sulfonamides is 1. The van der Waals surface area contributed by atoms with Crippen molar-refractivity contribution in [3.8, 4) is 0 Å². The lowest BCUT2D eigenvalue weighted by molar-refractivity contribution is -0.121. The Bertz CT molecular complexity index is 1270. The lowest BCUT2D eigenvalue weighted by atomic mass is 10.2. The summed E-state index contributed by atoms with van der Waals surface area (Å²) in [6.07, 6.45) is -2.95. The number of ether oxygens (including phenoxy) is 1. The zero-order valence-electron chi connectivity index (χ0n) is 16.7. The van der Waals surface area contributed by atoms with Crippen LogP contribution in [0.5, 0.6) is 0 Å². The molecule has 172 valence electrons. The number of aryl methyl sites for hydroxylation is 1. The van der Waals surface area contributed by atoms with Crippen LogP contribution in [0, 0.1) is 12.7 Å². The summed E-state index contributed by atoms with van der Waals surface area (Å²) in [5.74, 6) is -1.37. The molecule has 0 saturated heterocycles. The number of alkyl halides is 3. The molecule has 3 aromatic rings. The fourth-order valence-electron chi connectivity index (χ4n) is 2.73. The van der Waals surface area contributed by atoms with Gasteiger partial charge in [0, 0.05) is 11.9 Å². The highest BCUT2D eigenvalue weighted by atomic mass is 32.2. The zero-order chi connectivity index (χ0) is 23.7. The second-order valence-electron chi connectivity index (χ2n) is 6.51. The molecule has 14 heteroatoms. The number of rotatable bonds is 7. The molecule has 0 unspecified atom stereocenters. The molecule has 0 aliphatic heterocycles. The summed E-state index contributed by atoms with van der Waals surface area (Å²) in [6, 6.07) is 3.78. The Balaban J connectivity index is 2.14. The van der Waals surface area contributed by atoms with E-state index in [0.717, 1.165) is 23.0 Å². The van der Waals surface area contributed by atoms with Crippen molar-refractivity contribution in [2.45, 2.75) is 24.9 Å². The van der Waals surface area contributed by atoms with E-state index in [1.165, 1.54) is 16.9 Å². The summed E-state index contributed by atoms with van der Waals surface area (Å²) < 4.78 is 83.0. The van der Waals surface area contributed by atoms with Crippen molar-refractivity contribution in [3.63, 3.8) is 0 Å². The van der Waals surface area contributed by atoms with Gasteiger partial charge in [-0.15, -0.1) is 0 Å². The Hall–Kier alpha value is -3.26. The highest BCUT2D eigenvalue weighted by Gasteiger charge is 2.32. The maximum Gasteiger partial charge on any atom is 0.402 e. The van der Waals surface area contributed by atoms with E-state index in [4.69, 9.17) is 4.74 Å². The summed E-state index contributed by atoms with van der Waals surface area (Å²) in [5, 5.41) is 6.75. The van der Waals surface area contributed by atoms with Crippen molar-refractivity contribution >= 4 is 33.1 Å². The molecule has 0 radical (unpaired) electrons. The Morgan fingerprint density at radius 1 is 1.25 bits per heavy atom. The van der Waals surface area contributed by atoms with Gasteiger partial charge in [-0.2, -0.15) is 22.8 Å². The normalized spacial score (nSPS) is 12.2. The number of aromatic nitrogens is 3.